The molecule has 4 aromatic heterocycles. The molecule has 0 saturated carbocycles. The van der Waals surface area contributed by atoms with Gasteiger partial charge in [0.15, 0.2) is 24.8 Å². The molecule has 0 N–H and O–H groups in total. The van der Waals surface area contributed by atoms with Crippen LogP contribution in [0, 0.1) is 75.9 Å². The summed E-state index contributed by atoms with van der Waals surface area (Å²) in [4.78, 5) is 0. The standard InChI is InChI=1S/3C21H22N.C20H20N/c3*1-15-13-21(22(4)14-17(15)3)20-11-10-19(12-16(20)2)18-8-6-5-7-9-18;1-15-9-12-20(21(3)14-15)19-11-10-18(13-16(19)2)17-7-5-4-6-8-17/h3*5-14H,1-4H3;4-14H,1-3H3/q4*+1/i2*1D3,3D3;;. The maximum Gasteiger partial charge on any atom is 0.212 e. The molecule has 12 rings (SSSR count). The van der Waals surface area contributed by atoms with Crippen molar-refractivity contribution in [2.45, 2.75) is 75.9 Å². The second kappa shape index (κ2) is 28.0. The molecule has 8 aromatic carbocycles. The first-order valence-corrected chi connectivity index (χ1v) is 29.4. The Bertz CT molecular complexity index is 4660. The van der Waals surface area contributed by atoms with Gasteiger partial charge in [-0.05, 0) is 190 Å². The van der Waals surface area contributed by atoms with Crippen LogP contribution < -0.4 is 18.3 Å². The Morgan fingerprint density at radius 1 is 0.218 bits per heavy atom. The maximum atomic E-state index is 7.80. The predicted octanol–water partition coefficient (Wildman–Crippen LogP) is 18.8. The molecule has 12 aromatic rings. The molecule has 0 radical (unpaired) electrons. The van der Waals surface area contributed by atoms with E-state index in [2.05, 4.69) is 198 Å². The van der Waals surface area contributed by atoms with Gasteiger partial charge in [0.25, 0.3) is 0 Å². The van der Waals surface area contributed by atoms with Crippen molar-refractivity contribution in [1.29, 1.82) is 0 Å². The fourth-order valence-corrected chi connectivity index (χ4v) is 11.1. The van der Waals surface area contributed by atoms with E-state index in [1.807, 2.05) is 98.8 Å². The molecule has 0 amide bonds. The lowest BCUT2D eigenvalue weighted by atomic mass is 9.97. The van der Waals surface area contributed by atoms with Crippen LogP contribution in [-0.4, -0.2) is 0 Å². The summed E-state index contributed by atoms with van der Waals surface area (Å²) in [5, 5.41) is 0. The summed E-state index contributed by atoms with van der Waals surface area (Å²) >= 11 is 0. The van der Waals surface area contributed by atoms with Crippen LogP contribution in [0.3, 0.4) is 0 Å². The number of aryl methyl sites for hydroxylation is 15. The Kier molecular flexibility index (Phi) is 15.3. The second-order valence-corrected chi connectivity index (χ2v) is 22.6. The van der Waals surface area contributed by atoms with Crippen LogP contribution in [0.4, 0.5) is 0 Å². The van der Waals surface area contributed by atoms with Crippen molar-refractivity contribution < 1.29 is 34.7 Å². The van der Waals surface area contributed by atoms with Gasteiger partial charge in [0.05, 0.1) is 0 Å². The molecule has 4 heteroatoms. The van der Waals surface area contributed by atoms with Crippen molar-refractivity contribution in [3.8, 4) is 89.5 Å². The van der Waals surface area contributed by atoms with Crippen molar-refractivity contribution in [2.75, 3.05) is 0 Å². The molecule has 0 aliphatic heterocycles. The van der Waals surface area contributed by atoms with Crippen LogP contribution in [0.15, 0.2) is 249 Å². The Morgan fingerprint density at radius 2 is 0.494 bits per heavy atom. The average molecular weight is 1150 g/mol. The van der Waals surface area contributed by atoms with Gasteiger partial charge in [0.1, 0.15) is 28.2 Å². The van der Waals surface area contributed by atoms with E-state index in [4.69, 9.17) is 16.4 Å². The molecule has 87 heavy (non-hydrogen) atoms. The molecular weight excluding hydrogens is 1050 g/mol. The highest BCUT2D eigenvalue weighted by atomic mass is 14.9. The highest BCUT2D eigenvalue weighted by Gasteiger charge is 2.19. The molecule has 0 fully saturated rings. The number of pyridine rings is 4. The van der Waals surface area contributed by atoms with Gasteiger partial charge in [0.2, 0.25) is 22.8 Å². The van der Waals surface area contributed by atoms with Gasteiger partial charge in [-0.2, -0.15) is 0 Å². The zero-order valence-corrected chi connectivity index (χ0v) is 52.0. The highest BCUT2D eigenvalue weighted by Crippen LogP contribution is 2.32. The number of aromatic nitrogens is 4. The van der Waals surface area contributed by atoms with Crippen LogP contribution in [0.5, 0.6) is 0 Å². The molecule has 0 aliphatic carbocycles. The van der Waals surface area contributed by atoms with E-state index in [9.17, 15) is 0 Å². The topological polar surface area (TPSA) is 15.5 Å². The van der Waals surface area contributed by atoms with E-state index in [1.165, 1.54) is 97.1 Å². The van der Waals surface area contributed by atoms with Crippen LogP contribution in [0.25, 0.3) is 89.5 Å². The number of hydrogen-bond acceptors (Lipinski definition) is 0. The summed E-state index contributed by atoms with van der Waals surface area (Å²) in [5.41, 5.74) is 25.5. The van der Waals surface area contributed by atoms with Crippen LogP contribution >= 0.6 is 0 Å². The first-order valence-electron chi connectivity index (χ1n) is 35.4. The number of benzene rings is 8. The SMILES string of the molecule is Cc1cc(-c2ccc(-c3ccccc3)cc2C)[n+](C)cc1C.Cc1ccc(-c2ccc(-c3ccccc3)cc2C)[n+](C)c1.[2H]C([2H])([2H])c1cc(-c2ccc(-c3ccccc3)cc2C)[n+](C)cc1C([2H])([2H])[2H].[2H]C([2H])([2H])c1cc(-c2ccc(-c3ccccc3)cc2C)[n+](C)cc1C([2H])([2H])[2H]. The molecule has 0 bridgehead atoms. The minimum absolute atomic E-state index is 0.132. The second-order valence-electron chi connectivity index (χ2n) is 22.6. The van der Waals surface area contributed by atoms with Crippen LogP contribution in [0.2, 0.25) is 0 Å². The monoisotopic (exact) mass is 1150 g/mol. The average Bonchev–Trinajstić information content (AvgIpc) is 0.776. The Labute approximate surface area is 536 Å². The third-order valence-corrected chi connectivity index (χ3v) is 16.0. The lowest BCUT2D eigenvalue weighted by Gasteiger charge is -2.09. The van der Waals surface area contributed by atoms with Crippen molar-refractivity contribution in [3.05, 3.63) is 310 Å². The van der Waals surface area contributed by atoms with Gasteiger partial charge in [-0.3, -0.25) is 0 Å². The summed E-state index contributed by atoms with van der Waals surface area (Å²) in [6.07, 6.45) is 7.19. The zero-order valence-electron chi connectivity index (χ0n) is 64.0. The van der Waals surface area contributed by atoms with Gasteiger partial charge in [-0.15, -0.1) is 0 Å². The van der Waals surface area contributed by atoms with Gasteiger partial charge >= 0.3 is 0 Å². The molecule has 0 spiro atoms. The summed E-state index contributed by atoms with van der Waals surface area (Å²) in [6.45, 7) is 4.75. The minimum atomic E-state index is -2.51. The van der Waals surface area contributed by atoms with E-state index in [0.717, 1.165) is 44.5 Å². The molecule has 0 aliphatic rings. The lowest BCUT2D eigenvalue weighted by Crippen LogP contribution is -2.31. The summed E-state index contributed by atoms with van der Waals surface area (Å²) < 4.78 is 101. The molecule has 4 heterocycles. The van der Waals surface area contributed by atoms with Gasteiger partial charge < -0.3 is 0 Å². The van der Waals surface area contributed by atoms with Crippen molar-refractivity contribution in [1.82, 2.24) is 0 Å². The molecule has 0 unspecified atom stereocenters. The summed E-state index contributed by atoms with van der Waals surface area (Å²) in [7, 11) is 7.69. The fourth-order valence-electron chi connectivity index (χ4n) is 11.1. The maximum absolute atomic E-state index is 7.80. The van der Waals surface area contributed by atoms with E-state index < -0.39 is 27.4 Å². The largest absolute Gasteiger partial charge is 0.212 e. The zero-order chi connectivity index (χ0) is 71.9. The Hall–Kier alpha value is -9.64. The van der Waals surface area contributed by atoms with Crippen molar-refractivity contribution in [2.24, 2.45) is 28.2 Å². The van der Waals surface area contributed by atoms with Gasteiger partial charge in [-0.25, -0.2) is 18.3 Å². The van der Waals surface area contributed by atoms with E-state index >= 15 is 0 Å². The molecule has 434 valence electrons. The van der Waals surface area contributed by atoms with Crippen LogP contribution in [-0.2, 0) is 28.2 Å². The number of rotatable bonds is 8. The molecule has 0 saturated heterocycles. The normalized spacial score (nSPS) is 13.3. The third-order valence-electron chi connectivity index (χ3n) is 16.0. The van der Waals surface area contributed by atoms with Gasteiger partial charge in [0, 0.05) is 85.2 Å². The lowest BCUT2D eigenvalue weighted by molar-refractivity contribution is -0.660. The van der Waals surface area contributed by atoms with Crippen LogP contribution in [0.1, 0.15) is 77.6 Å². The highest BCUT2D eigenvalue weighted by molar-refractivity contribution is 5.75. The first-order chi connectivity index (χ1) is 46.7. The van der Waals surface area contributed by atoms with E-state index in [0.29, 0.717) is 11.4 Å². The molecular formula is C83H86N4+4. The fraction of sp³-hybridized carbons (Fsp3) is 0.181. The third kappa shape index (κ3) is 15.1. The number of nitrogens with zero attached hydrogens (tertiary/aromatic N) is 4. The van der Waals surface area contributed by atoms with E-state index in [-0.39, 0.29) is 22.3 Å². The Morgan fingerprint density at radius 3 is 0.782 bits per heavy atom. The van der Waals surface area contributed by atoms with E-state index in [1.54, 1.807) is 23.2 Å². The minimum Gasteiger partial charge on any atom is -0.201 e. The predicted molar refractivity (Wildman–Crippen MR) is 366 cm³/mol. The van der Waals surface area contributed by atoms with Crippen molar-refractivity contribution in [3.63, 3.8) is 0 Å². The van der Waals surface area contributed by atoms with Gasteiger partial charge in [-0.1, -0.05) is 170 Å². The smallest absolute Gasteiger partial charge is 0.201 e. The summed E-state index contributed by atoms with van der Waals surface area (Å²) in [6, 6.07) is 76.1. The Balaban J connectivity index is 0.000000155. The molecule has 4 nitrogen and oxygen atoms in total. The molecule has 0 atom stereocenters. The van der Waals surface area contributed by atoms with Crippen molar-refractivity contribution >= 4 is 0 Å². The summed E-state index contributed by atoms with van der Waals surface area (Å²) in [5.74, 6) is 0. The quantitative estimate of drug-likeness (QED) is 0.135. The first kappa shape index (κ1) is 47.6. The number of hydrogen-bond donors (Lipinski definition) is 0.